The number of nitrogens with one attached hydrogen (secondary N) is 1. The van der Waals surface area contributed by atoms with Crippen molar-refractivity contribution in [1.82, 2.24) is 15.2 Å². The first-order valence-electron chi connectivity index (χ1n) is 10.6. The summed E-state index contributed by atoms with van der Waals surface area (Å²) in [4.78, 5) is 30.9. The highest BCUT2D eigenvalue weighted by atomic mass is 19.1. The predicted octanol–water partition coefficient (Wildman–Crippen LogP) is 2.16. The average molecular weight is 428 g/mol. The molecule has 1 aliphatic heterocycles. The minimum atomic E-state index is -0.532. The Balaban J connectivity index is 1.77. The molecule has 1 saturated heterocycles. The maximum absolute atomic E-state index is 14.6. The molecule has 1 heterocycles. The van der Waals surface area contributed by atoms with Crippen LogP contribution in [0.25, 0.3) is 0 Å². The van der Waals surface area contributed by atoms with Crippen molar-refractivity contribution in [1.29, 1.82) is 0 Å². The Kier molecular flexibility index (Phi) is 7.59. The molecule has 8 heteroatoms. The van der Waals surface area contributed by atoms with Crippen LogP contribution in [-0.2, 0) is 4.79 Å². The van der Waals surface area contributed by atoms with Crippen molar-refractivity contribution in [3.63, 3.8) is 0 Å². The topological polar surface area (TPSA) is 81.9 Å². The Hall–Kier alpha value is -2.97. The molecular weight excluding hydrogens is 397 g/mol. The SMILES string of the molecule is CCN(CC)C(=O)C(c1ccccc1)N1CCN(c2ccc(C(=O)NN)cc2F)CC1. The molecule has 7 nitrogen and oxygen atoms in total. The lowest BCUT2D eigenvalue weighted by Gasteiger charge is -2.41. The Morgan fingerprint density at radius 1 is 1.06 bits per heavy atom. The first-order chi connectivity index (χ1) is 15.0. The number of anilines is 1. The molecule has 0 aromatic heterocycles. The van der Waals surface area contributed by atoms with Crippen LogP contribution >= 0.6 is 0 Å². The Morgan fingerprint density at radius 3 is 2.26 bits per heavy atom. The quantitative estimate of drug-likeness (QED) is 0.402. The molecule has 1 fully saturated rings. The fourth-order valence-electron chi connectivity index (χ4n) is 4.06. The van der Waals surface area contributed by atoms with Gasteiger partial charge in [0.2, 0.25) is 5.91 Å². The smallest absolute Gasteiger partial charge is 0.265 e. The van der Waals surface area contributed by atoms with E-state index in [1.165, 1.54) is 6.07 Å². The molecule has 2 aromatic carbocycles. The van der Waals surface area contributed by atoms with Gasteiger partial charge in [0.25, 0.3) is 5.91 Å². The van der Waals surface area contributed by atoms with Gasteiger partial charge in [0, 0.05) is 44.8 Å². The maximum Gasteiger partial charge on any atom is 0.265 e. The van der Waals surface area contributed by atoms with E-state index in [-0.39, 0.29) is 17.5 Å². The average Bonchev–Trinajstić information content (AvgIpc) is 2.81. The van der Waals surface area contributed by atoms with Crippen molar-refractivity contribution < 1.29 is 14.0 Å². The van der Waals surface area contributed by atoms with E-state index < -0.39 is 11.7 Å². The van der Waals surface area contributed by atoms with Crippen LogP contribution in [0.5, 0.6) is 0 Å². The molecule has 3 rings (SSSR count). The van der Waals surface area contributed by atoms with E-state index >= 15 is 0 Å². The highest BCUT2D eigenvalue weighted by Gasteiger charge is 2.33. The number of nitrogens with two attached hydrogens (primary N) is 1. The van der Waals surface area contributed by atoms with Crippen molar-refractivity contribution in [2.75, 3.05) is 44.2 Å². The van der Waals surface area contributed by atoms with Crippen molar-refractivity contribution >= 4 is 17.5 Å². The van der Waals surface area contributed by atoms with E-state index in [0.717, 1.165) is 5.56 Å². The number of rotatable bonds is 7. The third-order valence-corrected chi connectivity index (χ3v) is 5.79. The fourth-order valence-corrected chi connectivity index (χ4v) is 4.06. The Labute approximate surface area is 182 Å². The number of hydrogen-bond acceptors (Lipinski definition) is 5. The summed E-state index contributed by atoms with van der Waals surface area (Å²) in [6.45, 7) is 7.69. The summed E-state index contributed by atoms with van der Waals surface area (Å²) in [5.74, 6) is 4.22. The van der Waals surface area contributed by atoms with E-state index in [4.69, 9.17) is 5.84 Å². The first-order valence-corrected chi connectivity index (χ1v) is 10.6. The normalized spacial score (nSPS) is 15.4. The summed E-state index contributed by atoms with van der Waals surface area (Å²) in [5.41, 5.74) is 3.60. The third kappa shape index (κ3) is 5.03. The second-order valence-electron chi connectivity index (χ2n) is 7.49. The number of likely N-dealkylation sites (N-methyl/N-ethyl adjacent to an activating group) is 1. The van der Waals surface area contributed by atoms with Crippen LogP contribution in [0.3, 0.4) is 0 Å². The monoisotopic (exact) mass is 427 g/mol. The lowest BCUT2D eigenvalue weighted by Crippen LogP contribution is -2.52. The van der Waals surface area contributed by atoms with Crippen LogP contribution in [0.2, 0.25) is 0 Å². The fraction of sp³-hybridized carbons (Fsp3) is 0.391. The molecule has 0 aliphatic carbocycles. The van der Waals surface area contributed by atoms with Gasteiger partial charge in [-0.15, -0.1) is 0 Å². The van der Waals surface area contributed by atoms with E-state index in [2.05, 4.69) is 4.90 Å². The van der Waals surface area contributed by atoms with Crippen LogP contribution in [0.1, 0.15) is 35.8 Å². The van der Waals surface area contributed by atoms with Gasteiger partial charge in [-0.2, -0.15) is 0 Å². The Bertz CT molecular complexity index is 896. The largest absolute Gasteiger partial charge is 0.367 e. The molecule has 0 radical (unpaired) electrons. The van der Waals surface area contributed by atoms with Crippen molar-refractivity contribution in [2.45, 2.75) is 19.9 Å². The highest BCUT2D eigenvalue weighted by molar-refractivity contribution is 5.94. The van der Waals surface area contributed by atoms with Gasteiger partial charge in [-0.05, 0) is 37.6 Å². The number of amides is 2. The molecule has 0 spiro atoms. The number of nitrogen functional groups attached to an aromatic ring is 1. The number of halogens is 1. The number of nitrogens with zero attached hydrogens (tertiary/aromatic N) is 3. The van der Waals surface area contributed by atoms with Gasteiger partial charge in [-0.3, -0.25) is 19.9 Å². The van der Waals surface area contributed by atoms with Crippen LogP contribution in [-0.4, -0.2) is 60.9 Å². The van der Waals surface area contributed by atoms with Gasteiger partial charge in [0.1, 0.15) is 11.9 Å². The van der Waals surface area contributed by atoms with Crippen molar-refractivity contribution in [3.8, 4) is 0 Å². The van der Waals surface area contributed by atoms with Gasteiger partial charge in [0.05, 0.1) is 5.69 Å². The molecule has 0 bridgehead atoms. The predicted molar refractivity (Wildman–Crippen MR) is 119 cm³/mol. The summed E-state index contributed by atoms with van der Waals surface area (Å²) in [6.07, 6.45) is 0. The summed E-state index contributed by atoms with van der Waals surface area (Å²) in [6, 6.07) is 13.8. The van der Waals surface area contributed by atoms with Gasteiger partial charge in [0.15, 0.2) is 0 Å². The first kappa shape index (κ1) is 22.7. The molecule has 1 aliphatic rings. The lowest BCUT2D eigenvalue weighted by atomic mass is 10.0. The molecule has 1 unspecified atom stereocenters. The standard InChI is InChI=1S/C23H30FN5O2/c1-3-27(4-2)23(31)21(17-8-6-5-7-9-17)29-14-12-28(13-15-29)20-11-10-18(16-19(20)24)22(30)26-25/h5-11,16,21H,3-4,12-15,25H2,1-2H3,(H,26,30). The molecule has 3 N–H and O–H groups in total. The zero-order valence-corrected chi connectivity index (χ0v) is 18.1. The number of carbonyl (C=O) groups excluding carboxylic acids is 2. The zero-order valence-electron chi connectivity index (χ0n) is 18.1. The van der Waals surface area contributed by atoms with Gasteiger partial charge < -0.3 is 9.80 Å². The van der Waals surface area contributed by atoms with Gasteiger partial charge in [-0.1, -0.05) is 30.3 Å². The summed E-state index contributed by atoms with van der Waals surface area (Å²) >= 11 is 0. The molecule has 2 amide bonds. The maximum atomic E-state index is 14.6. The summed E-state index contributed by atoms with van der Waals surface area (Å²) < 4.78 is 14.6. The Morgan fingerprint density at radius 2 is 1.71 bits per heavy atom. The van der Waals surface area contributed by atoms with Gasteiger partial charge >= 0.3 is 0 Å². The number of benzene rings is 2. The zero-order chi connectivity index (χ0) is 22.4. The molecular formula is C23H30FN5O2. The molecule has 1 atom stereocenters. The summed E-state index contributed by atoms with van der Waals surface area (Å²) in [7, 11) is 0. The second kappa shape index (κ2) is 10.4. The summed E-state index contributed by atoms with van der Waals surface area (Å²) in [5, 5.41) is 0. The van der Waals surface area contributed by atoms with E-state index in [0.29, 0.717) is 45.0 Å². The van der Waals surface area contributed by atoms with Crippen LogP contribution in [0.15, 0.2) is 48.5 Å². The minimum absolute atomic E-state index is 0.0907. The molecule has 2 aromatic rings. The minimum Gasteiger partial charge on any atom is -0.367 e. The van der Waals surface area contributed by atoms with Crippen molar-refractivity contribution in [2.24, 2.45) is 5.84 Å². The second-order valence-corrected chi connectivity index (χ2v) is 7.49. The van der Waals surface area contributed by atoms with Crippen LogP contribution in [0, 0.1) is 5.82 Å². The van der Waals surface area contributed by atoms with E-state index in [9.17, 15) is 14.0 Å². The van der Waals surface area contributed by atoms with Gasteiger partial charge in [-0.25, -0.2) is 10.2 Å². The van der Waals surface area contributed by atoms with E-state index in [1.54, 1.807) is 12.1 Å². The highest BCUT2D eigenvalue weighted by Crippen LogP contribution is 2.27. The number of hydrogen-bond donors (Lipinski definition) is 2. The third-order valence-electron chi connectivity index (χ3n) is 5.79. The van der Waals surface area contributed by atoms with E-state index in [1.807, 2.05) is 59.4 Å². The molecule has 166 valence electrons. The van der Waals surface area contributed by atoms with Crippen molar-refractivity contribution in [3.05, 3.63) is 65.5 Å². The number of carbonyl (C=O) groups is 2. The lowest BCUT2D eigenvalue weighted by molar-refractivity contribution is -0.137. The van der Waals surface area contributed by atoms with Crippen LogP contribution < -0.4 is 16.2 Å². The molecule has 0 saturated carbocycles. The number of piperazine rings is 1. The van der Waals surface area contributed by atoms with Crippen LogP contribution in [0.4, 0.5) is 10.1 Å². The number of hydrazine groups is 1. The molecule has 31 heavy (non-hydrogen) atoms.